The third kappa shape index (κ3) is 3.89. The molecule has 1 saturated heterocycles. The van der Waals surface area contributed by atoms with Gasteiger partial charge in [-0.05, 0) is 24.1 Å². The molecule has 1 aromatic rings. The molecule has 116 valence electrons. The number of benzene rings is 1. The van der Waals surface area contributed by atoms with Crippen molar-refractivity contribution in [3.63, 3.8) is 0 Å². The molecule has 0 N–H and O–H groups in total. The number of amides is 1. The Labute approximate surface area is 121 Å². The lowest BCUT2D eigenvalue weighted by Gasteiger charge is -2.23. The van der Waals surface area contributed by atoms with Crippen LogP contribution in [0.15, 0.2) is 24.3 Å². The molecule has 6 heteroatoms. The van der Waals surface area contributed by atoms with Gasteiger partial charge >= 0.3 is 6.09 Å². The van der Waals surface area contributed by atoms with Gasteiger partial charge in [-0.1, -0.05) is 25.5 Å². The molecule has 1 heterocycles. The second kappa shape index (κ2) is 6.37. The number of likely N-dealkylation sites (tertiary alicyclic amines) is 1. The van der Waals surface area contributed by atoms with Crippen LogP contribution in [0.3, 0.4) is 0 Å². The van der Waals surface area contributed by atoms with E-state index in [1.807, 2.05) is 6.92 Å². The van der Waals surface area contributed by atoms with E-state index in [1.54, 1.807) is 6.07 Å². The maximum absolute atomic E-state index is 13.6. The van der Waals surface area contributed by atoms with Crippen molar-refractivity contribution >= 4 is 6.09 Å². The smallest absolute Gasteiger partial charge is 0.410 e. The Hall–Kier alpha value is -1.72. The zero-order valence-corrected chi connectivity index (χ0v) is 11.8. The summed E-state index contributed by atoms with van der Waals surface area (Å²) in [6, 6.07) is 4.55. The number of ether oxygens (including phenoxy) is 1. The minimum Gasteiger partial charge on any atom is -0.449 e. The minimum atomic E-state index is -2.99. The average molecular weight is 301 g/mol. The fourth-order valence-corrected chi connectivity index (χ4v) is 2.41. The highest BCUT2D eigenvalue weighted by Crippen LogP contribution is 2.41. The van der Waals surface area contributed by atoms with E-state index < -0.39 is 36.8 Å². The van der Waals surface area contributed by atoms with Gasteiger partial charge in [0.15, 0.2) is 0 Å². The highest BCUT2D eigenvalue weighted by molar-refractivity contribution is 5.69. The lowest BCUT2D eigenvalue weighted by atomic mass is 10.0. The molecule has 21 heavy (non-hydrogen) atoms. The molecule has 1 aromatic carbocycles. The molecule has 1 aliphatic heterocycles. The first-order valence-electron chi connectivity index (χ1n) is 6.99. The lowest BCUT2D eigenvalue weighted by molar-refractivity contribution is 0.0105. The molecular weight excluding hydrogens is 283 g/mol. The Kier molecular flexibility index (Phi) is 4.75. The van der Waals surface area contributed by atoms with Gasteiger partial charge in [0.1, 0.15) is 5.82 Å². The van der Waals surface area contributed by atoms with E-state index in [-0.39, 0.29) is 6.61 Å². The van der Waals surface area contributed by atoms with E-state index >= 15 is 0 Å². The largest absolute Gasteiger partial charge is 0.449 e. The van der Waals surface area contributed by atoms with Crippen LogP contribution in [-0.2, 0) is 4.74 Å². The number of hydrogen-bond acceptors (Lipinski definition) is 2. The van der Waals surface area contributed by atoms with E-state index in [0.29, 0.717) is 12.0 Å². The third-order valence-corrected chi connectivity index (χ3v) is 3.46. The van der Waals surface area contributed by atoms with Crippen LogP contribution in [0, 0.1) is 5.82 Å². The van der Waals surface area contributed by atoms with Crippen molar-refractivity contribution in [1.82, 2.24) is 4.90 Å². The van der Waals surface area contributed by atoms with Gasteiger partial charge in [-0.2, -0.15) is 0 Å². The SMILES string of the molecule is CCCCOC(=O)N1CC(F)(F)CC1c1cccc(F)c1. The molecular formula is C15H18F3NO2. The summed E-state index contributed by atoms with van der Waals surface area (Å²) in [5.74, 6) is -3.50. The fraction of sp³-hybridized carbons (Fsp3) is 0.533. The predicted octanol–water partition coefficient (Wildman–Crippen LogP) is 4.14. The van der Waals surface area contributed by atoms with Crippen LogP contribution in [-0.4, -0.2) is 30.1 Å². The summed E-state index contributed by atoms with van der Waals surface area (Å²) in [5, 5.41) is 0. The summed E-state index contributed by atoms with van der Waals surface area (Å²) in [6.45, 7) is 1.44. The summed E-state index contributed by atoms with van der Waals surface area (Å²) >= 11 is 0. The Balaban J connectivity index is 2.15. The van der Waals surface area contributed by atoms with Crippen LogP contribution in [0.2, 0.25) is 0 Å². The number of alkyl halides is 2. The monoisotopic (exact) mass is 301 g/mol. The average Bonchev–Trinajstić information content (AvgIpc) is 2.75. The molecule has 1 fully saturated rings. The molecule has 2 rings (SSSR count). The van der Waals surface area contributed by atoms with E-state index in [9.17, 15) is 18.0 Å². The van der Waals surface area contributed by atoms with Gasteiger partial charge in [0, 0.05) is 6.42 Å². The van der Waals surface area contributed by atoms with Crippen LogP contribution >= 0.6 is 0 Å². The van der Waals surface area contributed by atoms with E-state index in [0.717, 1.165) is 11.3 Å². The molecule has 0 saturated carbocycles. The number of rotatable bonds is 4. The zero-order chi connectivity index (χ0) is 15.5. The summed E-state index contributed by atoms with van der Waals surface area (Å²) in [5.41, 5.74) is 0.361. The van der Waals surface area contributed by atoms with Gasteiger partial charge < -0.3 is 4.74 Å². The normalized spacial score (nSPS) is 20.6. The minimum absolute atomic E-state index is 0.202. The Morgan fingerprint density at radius 2 is 2.24 bits per heavy atom. The molecule has 1 unspecified atom stereocenters. The lowest BCUT2D eigenvalue weighted by Crippen LogP contribution is -2.33. The first-order chi connectivity index (χ1) is 9.93. The van der Waals surface area contributed by atoms with Crippen molar-refractivity contribution in [2.24, 2.45) is 0 Å². The van der Waals surface area contributed by atoms with Gasteiger partial charge in [-0.25, -0.2) is 18.0 Å². The van der Waals surface area contributed by atoms with E-state index in [4.69, 9.17) is 4.74 Å². The Bertz CT molecular complexity index is 507. The van der Waals surface area contributed by atoms with Crippen LogP contribution in [0.1, 0.15) is 37.8 Å². The van der Waals surface area contributed by atoms with Crippen LogP contribution in [0.4, 0.5) is 18.0 Å². The standard InChI is InChI=1S/C15H18F3NO2/c1-2-3-7-21-14(20)19-10-15(17,18)9-13(19)11-5-4-6-12(16)8-11/h4-6,8,13H,2-3,7,9-10H2,1H3. The number of hydrogen-bond donors (Lipinski definition) is 0. The molecule has 1 aliphatic rings. The van der Waals surface area contributed by atoms with Crippen molar-refractivity contribution in [3.05, 3.63) is 35.6 Å². The highest BCUT2D eigenvalue weighted by atomic mass is 19.3. The third-order valence-electron chi connectivity index (χ3n) is 3.46. The quantitative estimate of drug-likeness (QED) is 0.782. The number of carbonyl (C=O) groups excluding carboxylic acids is 1. The van der Waals surface area contributed by atoms with Gasteiger partial charge in [-0.15, -0.1) is 0 Å². The first kappa shape index (κ1) is 15.7. The summed E-state index contributed by atoms with van der Waals surface area (Å²) < 4.78 is 45.5. The van der Waals surface area contributed by atoms with Gasteiger partial charge in [0.05, 0.1) is 19.2 Å². The molecule has 0 aromatic heterocycles. The highest BCUT2D eigenvalue weighted by Gasteiger charge is 2.48. The van der Waals surface area contributed by atoms with Crippen LogP contribution in [0.5, 0.6) is 0 Å². The van der Waals surface area contributed by atoms with E-state index in [2.05, 4.69) is 0 Å². The predicted molar refractivity (Wildman–Crippen MR) is 71.7 cm³/mol. The molecule has 0 bridgehead atoms. The zero-order valence-electron chi connectivity index (χ0n) is 11.8. The molecule has 0 radical (unpaired) electrons. The Morgan fingerprint density at radius 1 is 1.48 bits per heavy atom. The van der Waals surface area contributed by atoms with Crippen molar-refractivity contribution in [3.8, 4) is 0 Å². The topological polar surface area (TPSA) is 29.5 Å². The first-order valence-corrected chi connectivity index (χ1v) is 6.99. The van der Waals surface area contributed by atoms with Gasteiger partial charge in [0.25, 0.3) is 5.92 Å². The molecule has 3 nitrogen and oxygen atoms in total. The summed E-state index contributed by atoms with van der Waals surface area (Å²) in [4.78, 5) is 12.9. The number of halogens is 3. The number of carbonyl (C=O) groups is 1. The summed E-state index contributed by atoms with van der Waals surface area (Å²) in [6.07, 6.45) is 0.242. The molecule has 0 aliphatic carbocycles. The van der Waals surface area contributed by atoms with Crippen molar-refractivity contribution in [2.45, 2.75) is 38.2 Å². The molecule has 1 amide bonds. The van der Waals surface area contributed by atoms with E-state index in [1.165, 1.54) is 18.2 Å². The van der Waals surface area contributed by atoms with Crippen molar-refractivity contribution in [1.29, 1.82) is 0 Å². The van der Waals surface area contributed by atoms with Crippen LogP contribution in [0.25, 0.3) is 0 Å². The van der Waals surface area contributed by atoms with Gasteiger partial charge in [0.2, 0.25) is 0 Å². The number of nitrogens with zero attached hydrogens (tertiary/aromatic N) is 1. The number of unbranched alkanes of at least 4 members (excludes halogenated alkanes) is 1. The summed E-state index contributed by atoms with van der Waals surface area (Å²) in [7, 11) is 0. The van der Waals surface area contributed by atoms with Gasteiger partial charge in [-0.3, -0.25) is 4.90 Å². The Morgan fingerprint density at radius 3 is 2.90 bits per heavy atom. The second-order valence-corrected chi connectivity index (χ2v) is 5.23. The van der Waals surface area contributed by atoms with Crippen molar-refractivity contribution < 1.29 is 22.7 Å². The van der Waals surface area contributed by atoms with Crippen molar-refractivity contribution in [2.75, 3.05) is 13.2 Å². The maximum atomic E-state index is 13.6. The molecule has 0 spiro atoms. The second-order valence-electron chi connectivity index (χ2n) is 5.23. The molecule has 1 atom stereocenters. The fourth-order valence-electron chi connectivity index (χ4n) is 2.41. The van der Waals surface area contributed by atoms with Crippen LogP contribution < -0.4 is 0 Å². The maximum Gasteiger partial charge on any atom is 0.410 e.